The third-order valence-electron chi connectivity index (χ3n) is 3.13. The van der Waals surface area contributed by atoms with E-state index in [1.165, 1.54) is 16.8 Å². The molecule has 112 valence electrons. The molecule has 0 aliphatic carbocycles. The number of aromatic nitrogens is 3. The summed E-state index contributed by atoms with van der Waals surface area (Å²) < 4.78 is 19.7. The fourth-order valence-corrected chi connectivity index (χ4v) is 1.99. The first-order valence-electron chi connectivity index (χ1n) is 6.61. The molecule has 1 aromatic carbocycles. The Morgan fingerprint density at radius 3 is 2.90 bits per heavy atom. The van der Waals surface area contributed by atoms with E-state index in [0.717, 1.165) is 11.1 Å². The van der Waals surface area contributed by atoms with Gasteiger partial charge in [-0.2, -0.15) is 0 Å². The van der Waals surface area contributed by atoms with Gasteiger partial charge < -0.3 is 10.5 Å². The van der Waals surface area contributed by atoms with Gasteiger partial charge in [-0.3, -0.25) is 0 Å². The first kappa shape index (κ1) is 15.1. The van der Waals surface area contributed by atoms with Gasteiger partial charge in [-0.15, -0.1) is 5.10 Å². The molecule has 0 radical (unpaired) electrons. The van der Waals surface area contributed by atoms with Crippen molar-refractivity contribution in [1.29, 1.82) is 0 Å². The molecule has 0 atom stereocenters. The summed E-state index contributed by atoms with van der Waals surface area (Å²) in [5.41, 5.74) is 7.92. The largest absolute Gasteiger partial charge is 0.461 e. The fraction of sp³-hybridized carbons (Fsp3) is 0.357. The number of hydrogen-bond acceptors (Lipinski definition) is 5. The van der Waals surface area contributed by atoms with Gasteiger partial charge in [-0.05, 0) is 37.1 Å². The summed E-state index contributed by atoms with van der Waals surface area (Å²) in [5.74, 6) is -0.879. The van der Waals surface area contributed by atoms with Crippen molar-refractivity contribution >= 4 is 5.97 Å². The number of esters is 1. The molecule has 2 N–H and O–H groups in total. The quantitative estimate of drug-likeness (QED) is 0.842. The van der Waals surface area contributed by atoms with Crippen LogP contribution in [-0.2, 0) is 17.8 Å². The van der Waals surface area contributed by atoms with Crippen LogP contribution in [0.5, 0.6) is 0 Å². The first-order valence-corrected chi connectivity index (χ1v) is 6.61. The van der Waals surface area contributed by atoms with E-state index in [2.05, 4.69) is 10.3 Å². The van der Waals surface area contributed by atoms with Gasteiger partial charge in [-0.25, -0.2) is 13.9 Å². The molecule has 0 aliphatic heterocycles. The Bertz CT molecular complexity index is 654. The predicted octanol–water partition coefficient (Wildman–Crippen LogP) is 1.41. The highest BCUT2D eigenvalue weighted by molar-refractivity contribution is 5.88. The van der Waals surface area contributed by atoms with Crippen LogP contribution >= 0.6 is 0 Å². The molecule has 0 fully saturated rings. The van der Waals surface area contributed by atoms with E-state index in [4.69, 9.17) is 10.5 Å². The van der Waals surface area contributed by atoms with Crippen molar-refractivity contribution in [1.82, 2.24) is 15.0 Å². The van der Waals surface area contributed by atoms with E-state index in [9.17, 15) is 9.18 Å². The number of halogens is 1. The van der Waals surface area contributed by atoms with Gasteiger partial charge >= 0.3 is 5.97 Å². The zero-order valence-electron chi connectivity index (χ0n) is 12.0. The summed E-state index contributed by atoms with van der Waals surface area (Å²) in [4.78, 5) is 11.8. The molecule has 2 aromatic rings. The molecule has 0 saturated carbocycles. The second kappa shape index (κ2) is 6.45. The van der Waals surface area contributed by atoms with E-state index in [-0.39, 0.29) is 24.7 Å². The molecule has 2 rings (SSSR count). The minimum atomic E-state index is -0.555. The highest BCUT2D eigenvalue weighted by Crippen LogP contribution is 2.14. The number of carbonyl (C=O) groups excluding carboxylic acids is 1. The summed E-state index contributed by atoms with van der Waals surface area (Å²) in [6.45, 7) is 4.22. The Morgan fingerprint density at radius 2 is 2.24 bits per heavy atom. The van der Waals surface area contributed by atoms with Crippen molar-refractivity contribution in [3.05, 3.63) is 46.5 Å². The van der Waals surface area contributed by atoms with Gasteiger partial charge in [0.2, 0.25) is 0 Å². The van der Waals surface area contributed by atoms with Crippen molar-refractivity contribution < 1.29 is 13.9 Å². The summed E-state index contributed by atoms with van der Waals surface area (Å²) in [6.07, 6.45) is 0. The predicted molar refractivity (Wildman–Crippen MR) is 74.1 cm³/mol. The number of ether oxygens (including phenoxy) is 1. The number of nitrogens with zero attached hydrogens (tertiary/aromatic N) is 3. The van der Waals surface area contributed by atoms with Gasteiger partial charge in [0.15, 0.2) is 5.69 Å². The van der Waals surface area contributed by atoms with E-state index in [1.807, 2.05) is 6.92 Å². The third-order valence-corrected chi connectivity index (χ3v) is 3.13. The highest BCUT2D eigenvalue weighted by Gasteiger charge is 2.20. The van der Waals surface area contributed by atoms with E-state index in [0.29, 0.717) is 12.2 Å². The van der Waals surface area contributed by atoms with Crippen LogP contribution in [0.3, 0.4) is 0 Å². The Kier molecular flexibility index (Phi) is 4.64. The third kappa shape index (κ3) is 3.25. The average Bonchev–Trinajstić information content (AvgIpc) is 2.86. The minimum Gasteiger partial charge on any atom is -0.461 e. The number of carbonyl (C=O) groups is 1. The molecule has 1 heterocycles. The lowest BCUT2D eigenvalue weighted by Gasteiger charge is -2.08. The topological polar surface area (TPSA) is 83.0 Å². The number of aryl methyl sites for hydroxylation is 1. The Hall–Kier alpha value is -2.28. The minimum absolute atomic E-state index is 0.0928. The SMILES string of the molecule is CCOC(=O)c1nnn(Cc2cc(F)ccc2C)c1CN. The lowest BCUT2D eigenvalue weighted by atomic mass is 10.1. The van der Waals surface area contributed by atoms with Gasteiger partial charge in [0.05, 0.1) is 18.8 Å². The Labute approximate surface area is 121 Å². The summed E-state index contributed by atoms with van der Waals surface area (Å²) >= 11 is 0. The smallest absolute Gasteiger partial charge is 0.360 e. The molecule has 7 heteroatoms. The molecule has 1 aromatic heterocycles. The molecular formula is C14H17FN4O2. The Morgan fingerprint density at radius 1 is 1.48 bits per heavy atom. The molecule has 0 bridgehead atoms. The average molecular weight is 292 g/mol. The molecule has 0 aliphatic rings. The van der Waals surface area contributed by atoms with Crippen LogP contribution in [0.4, 0.5) is 4.39 Å². The van der Waals surface area contributed by atoms with Crippen LogP contribution < -0.4 is 5.73 Å². The zero-order chi connectivity index (χ0) is 15.4. The molecule has 0 saturated heterocycles. The first-order chi connectivity index (χ1) is 10.1. The highest BCUT2D eigenvalue weighted by atomic mass is 19.1. The second-order valence-corrected chi connectivity index (χ2v) is 4.54. The van der Waals surface area contributed by atoms with Crippen LogP contribution in [0, 0.1) is 12.7 Å². The maximum atomic E-state index is 13.3. The van der Waals surface area contributed by atoms with Crippen molar-refractivity contribution in [2.75, 3.05) is 6.61 Å². The number of hydrogen-bond donors (Lipinski definition) is 1. The van der Waals surface area contributed by atoms with E-state index in [1.54, 1.807) is 13.0 Å². The normalized spacial score (nSPS) is 10.7. The van der Waals surface area contributed by atoms with Crippen molar-refractivity contribution in [2.24, 2.45) is 5.73 Å². The van der Waals surface area contributed by atoms with Crippen molar-refractivity contribution in [2.45, 2.75) is 26.9 Å². The monoisotopic (exact) mass is 292 g/mol. The van der Waals surface area contributed by atoms with Gasteiger partial charge in [0, 0.05) is 6.54 Å². The van der Waals surface area contributed by atoms with E-state index >= 15 is 0 Å². The van der Waals surface area contributed by atoms with Crippen LogP contribution in [0.2, 0.25) is 0 Å². The molecule has 0 spiro atoms. The van der Waals surface area contributed by atoms with Crippen molar-refractivity contribution in [3.63, 3.8) is 0 Å². The van der Waals surface area contributed by atoms with Crippen LogP contribution in [0.1, 0.15) is 34.2 Å². The number of benzene rings is 1. The molecule has 21 heavy (non-hydrogen) atoms. The standard InChI is InChI=1S/C14H17FN4O2/c1-3-21-14(20)13-12(7-16)19(18-17-13)8-10-6-11(15)5-4-9(10)2/h4-6H,3,7-8,16H2,1-2H3. The van der Waals surface area contributed by atoms with Gasteiger partial charge in [0.25, 0.3) is 0 Å². The molecular weight excluding hydrogens is 275 g/mol. The second-order valence-electron chi connectivity index (χ2n) is 4.54. The van der Waals surface area contributed by atoms with Crippen LogP contribution in [0.15, 0.2) is 18.2 Å². The summed E-state index contributed by atoms with van der Waals surface area (Å²) in [6, 6.07) is 4.52. The van der Waals surface area contributed by atoms with Gasteiger partial charge in [-0.1, -0.05) is 11.3 Å². The molecule has 0 unspecified atom stereocenters. The van der Waals surface area contributed by atoms with Crippen LogP contribution in [-0.4, -0.2) is 27.6 Å². The number of nitrogens with two attached hydrogens (primary N) is 1. The van der Waals surface area contributed by atoms with Gasteiger partial charge in [0.1, 0.15) is 5.82 Å². The summed E-state index contributed by atoms with van der Waals surface area (Å²) in [7, 11) is 0. The maximum Gasteiger partial charge on any atom is 0.360 e. The number of rotatable bonds is 5. The summed E-state index contributed by atoms with van der Waals surface area (Å²) in [5, 5.41) is 7.74. The van der Waals surface area contributed by atoms with Crippen molar-refractivity contribution in [3.8, 4) is 0 Å². The lowest BCUT2D eigenvalue weighted by molar-refractivity contribution is 0.0518. The maximum absolute atomic E-state index is 13.3. The fourth-order valence-electron chi connectivity index (χ4n) is 1.99. The molecule has 0 amide bonds. The Balaban J connectivity index is 2.32. The lowest BCUT2D eigenvalue weighted by Crippen LogP contribution is -2.15. The molecule has 6 nitrogen and oxygen atoms in total. The van der Waals surface area contributed by atoms with Crippen LogP contribution in [0.25, 0.3) is 0 Å². The van der Waals surface area contributed by atoms with E-state index < -0.39 is 5.97 Å². The zero-order valence-corrected chi connectivity index (χ0v) is 12.0.